The second-order valence-corrected chi connectivity index (χ2v) is 16.6. The highest BCUT2D eigenvalue weighted by atomic mass is 16.5. The van der Waals surface area contributed by atoms with Crippen molar-refractivity contribution in [3.63, 3.8) is 0 Å². The summed E-state index contributed by atoms with van der Waals surface area (Å²) in [5.41, 5.74) is 10.9. The zero-order valence-electron chi connectivity index (χ0n) is 34.0. The standard InChI is InChI=1S/C48H47N5O7/c1-27-35(36-24-31(59-2)12-14-40(36)53(27)26-54)25-41(55)49-15-16-50-47(56)30-11-13-32(48(57)58)37(23-30)42-38-21-28-7-3-17-51-19-5-9-33(43(28)51)45(38)60-46-34-10-6-20-52-18-4-8-29(44(34)52)22-39(42)46/h11-14,21-24,26H,3-10,15-20,25H2,1-2H3,(H2-,49,50,55,56,57,58)/p+1. The maximum absolute atomic E-state index is 13.9. The van der Waals surface area contributed by atoms with Gasteiger partial charge in [-0.05, 0) is 111 Å². The van der Waals surface area contributed by atoms with Crippen molar-refractivity contribution in [1.29, 1.82) is 0 Å². The highest BCUT2D eigenvalue weighted by Gasteiger charge is 2.36. The lowest BCUT2D eigenvalue weighted by atomic mass is 9.81. The largest absolute Gasteiger partial charge is 0.497 e. The number of aromatic carboxylic acids is 1. The van der Waals surface area contributed by atoms with Gasteiger partial charge in [-0.2, -0.15) is 0 Å². The summed E-state index contributed by atoms with van der Waals surface area (Å²) in [4.78, 5) is 54.6. The Labute approximate surface area is 347 Å². The molecule has 0 fully saturated rings. The Morgan fingerprint density at radius 3 is 2.43 bits per heavy atom. The maximum Gasteiger partial charge on any atom is 0.336 e. The second-order valence-electron chi connectivity index (χ2n) is 16.6. The molecule has 0 atom stereocenters. The van der Waals surface area contributed by atoms with Crippen molar-refractivity contribution in [2.75, 3.05) is 51.3 Å². The van der Waals surface area contributed by atoms with Gasteiger partial charge in [0.1, 0.15) is 30.3 Å². The summed E-state index contributed by atoms with van der Waals surface area (Å²) < 4.78 is 16.6. The fourth-order valence-electron chi connectivity index (χ4n) is 10.6. The molecular formula is C48H48N5O7+. The van der Waals surface area contributed by atoms with Crippen molar-refractivity contribution >= 4 is 46.4 Å². The van der Waals surface area contributed by atoms with Crippen molar-refractivity contribution in [1.82, 2.24) is 19.8 Å². The first kappa shape index (κ1) is 37.8. The van der Waals surface area contributed by atoms with Gasteiger partial charge in [0.2, 0.25) is 17.7 Å². The SMILES string of the molecule is COc1ccc2c(c1)c(CC(=O)NCCNC(=O)c1ccc(C(=O)O)c(C3=c4cc5c6c(c4Oc4c3cc3c7c4CCCN7CCC3)CCC[N+]=6CCC5)c1)c(C)n2C=O. The Balaban J connectivity index is 0.991. The summed E-state index contributed by atoms with van der Waals surface area (Å²) in [6, 6.07) is 14.7. The third-order valence-electron chi connectivity index (χ3n) is 13.2. The molecule has 0 saturated heterocycles. The lowest BCUT2D eigenvalue weighted by Crippen LogP contribution is -2.45. The van der Waals surface area contributed by atoms with Gasteiger partial charge in [-0.25, -0.2) is 9.37 Å². The fourth-order valence-corrected chi connectivity index (χ4v) is 10.6. The normalized spacial score (nSPS) is 15.9. The van der Waals surface area contributed by atoms with E-state index in [1.165, 1.54) is 43.9 Å². The van der Waals surface area contributed by atoms with Crippen LogP contribution in [0, 0.1) is 6.92 Å². The van der Waals surface area contributed by atoms with Crippen molar-refractivity contribution in [3.8, 4) is 17.2 Å². The molecule has 10 rings (SSSR count). The number of carboxylic acid groups (broad SMARTS) is 1. The number of rotatable bonds is 10. The smallest absolute Gasteiger partial charge is 0.336 e. The number of benzene rings is 4. The first-order chi connectivity index (χ1) is 29.2. The minimum atomic E-state index is -1.07. The number of carbonyl (C=O) groups excluding carboxylic acids is 3. The quantitative estimate of drug-likeness (QED) is 0.106. The number of hydrogen-bond acceptors (Lipinski definition) is 7. The van der Waals surface area contributed by atoms with E-state index in [4.69, 9.17) is 9.47 Å². The second kappa shape index (κ2) is 15.0. The predicted octanol–water partition coefficient (Wildman–Crippen LogP) is 4.22. The summed E-state index contributed by atoms with van der Waals surface area (Å²) in [6.07, 6.45) is 8.60. The van der Waals surface area contributed by atoms with Gasteiger partial charge >= 0.3 is 5.97 Å². The zero-order valence-corrected chi connectivity index (χ0v) is 34.0. The van der Waals surface area contributed by atoms with Crippen LogP contribution < -0.4 is 40.2 Å². The van der Waals surface area contributed by atoms with Crippen LogP contribution in [0.15, 0.2) is 48.5 Å². The van der Waals surface area contributed by atoms with E-state index >= 15 is 0 Å². The number of aromatic nitrogens is 1. The maximum atomic E-state index is 13.9. The van der Waals surface area contributed by atoms with Crippen LogP contribution >= 0.6 is 0 Å². The molecule has 0 aliphatic carbocycles. The lowest BCUT2D eigenvalue weighted by molar-refractivity contribution is -0.120. The van der Waals surface area contributed by atoms with Crippen molar-refractivity contribution in [2.45, 2.75) is 64.7 Å². The molecule has 0 radical (unpaired) electrons. The van der Waals surface area contributed by atoms with Crippen LogP contribution in [-0.4, -0.2) is 80.2 Å². The Bertz CT molecular complexity index is 2830. The van der Waals surface area contributed by atoms with E-state index in [0.29, 0.717) is 28.1 Å². The van der Waals surface area contributed by atoms with E-state index < -0.39 is 5.97 Å². The zero-order chi connectivity index (χ0) is 41.2. The topological polar surface area (TPSA) is 142 Å². The average molecular weight is 807 g/mol. The van der Waals surface area contributed by atoms with Crippen molar-refractivity contribution < 1.29 is 33.8 Å². The molecule has 60 heavy (non-hydrogen) atoms. The van der Waals surface area contributed by atoms with Crippen LogP contribution in [0.3, 0.4) is 0 Å². The molecule has 0 bridgehead atoms. The summed E-state index contributed by atoms with van der Waals surface area (Å²) >= 11 is 0. The summed E-state index contributed by atoms with van der Waals surface area (Å²) in [5.74, 6) is 0.564. The number of ether oxygens (including phenoxy) is 2. The monoisotopic (exact) mass is 806 g/mol. The lowest BCUT2D eigenvalue weighted by Gasteiger charge is -2.39. The van der Waals surface area contributed by atoms with Crippen LogP contribution in [0.2, 0.25) is 0 Å². The molecule has 6 heterocycles. The number of carboxylic acids is 1. The van der Waals surface area contributed by atoms with Crippen molar-refractivity contribution in [3.05, 3.63) is 115 Å². The molecule has 0 spiro atoms. The van der Waals surface area contributed by atoms with E-state index in [0.717, 1.165) is 123 Å². The van der Waals surface area contributed by atoms with Crippen LogP contribution in [-0.2, 0) is 41.7 Å². The molecule has 2 amide bonds. The minimum absolute atomic E-state index is 0.0431. The molecule has 4 aromatic carbocycles. The minimum Gasteiger partial charge on any atom is -0.497 e. The van der Waals surface area contributed by atoms with Gasteiger partial charge in [-0.15, -0.1) is 0 Å². The van der Waals surface area contributed by atoms with Crippen LogP contribution in [0.25, 0.3) is 16.5 Å². The highest BCUT2D eigenvalue weighted by Crippen LogP contribution is 2.49. The third kappa shape index (κ3) is 6.14. The fraction of sp³-hybridized carbons (Fsp3) is 0.354. The number of carbonyl (C=O) groups is 4. The molecule has 5 aliphatic heterocycles. The first-order valence-corrected chi connectivity index (χ1v) is 21.2. The van der Waals surface area contributed by atoms with Gasteiger partial charge < -0.3 is 30.1 Å². The molecule has 3 N–H and O–H groups in total. The molecule has 1 aromatic heterocycles. The van der Waals surface area contributed by atoms with Gasteiger partial charge in [0.25, 0.3) is 5.91 Å². The molecule has 306 valence electrons. The van der Waals surface area contributed by atoms with Gasteiger partial charge in [0, 0.05) is 88.8 Å². The summed E-state index contributed by atoms with van der Waals surface area (Å²) in [5, 5.41) is 19.5. The van der Waals surface area contributed by atoms with Gasteiger partial charge in [-0.1, -0.05) is 0 Å². The molecule has 0 saturated carbocycles. The van der Waals surface area contributed by atoms with Gasteiger partial charge in [0.15, 0.2) is 0 Å². The van der Waals surface area contributed by atoms with Crippen molar-refractivity contribution in [2.24, 2.45) is 0 Å². The number of nitrogens with one attached hydrogen (secondary N) is 2. The predicted molar refractivity (Wildman–Crippen MR) is 228 cm³/mol. The molecule has 12 nitrogen and oxygen atoms in total. The molecule has 12 heteroatoms. The number of methoxy groups -OCH3 is 1. The van der Waals surface area contributed by atoms with Gasteiger partial charge in [0.05, 0.1) is 30.2 Å². The van der Waals surface area contributed by atoms with E-state index in [2.05, 4.69) is 32.2 Å². The Kier molecular flexibility index (Phi) is 9.45. The molecular weight excluding hydrogens is 759 g/mol. The molecule has 0 unspecified atom stereocenters. The average Bonchev–Trinajstić information content (AvgIpc) is 3.53. The Hall–Kier alpha value is -6.43. The van der Waals surface area contributed by atoms with E-state index in [9.17, 15) is 24.3 Å². The first-order valence-electron chi connectivity index (χ1n) is 21.2. The Morgan fingerprint density at radius 2 is 1.63 bits per heavy atom. The van der Waals surface area contributed by atoms with E-state index in [1.54, 1.807) is 38.3 Å². The number of nitrogens with zero attached hydrogens (tertiary/aromatic N) is 3. The van der Waals surface area contributed by atoms with Crippen LogP contribution in [0.5, 0.6) is 17.2 Å². The summed E-state index contributed by atoms with van der Waals surface area (Å²) in [6.45, 7) is 6.20. The summed E-state index contributed by atoms with van der Waals surface area (Å²) in [7, 11) is 1.57. The molecule has 5 aromatic rings. The Morgan fingerprint density at radius 1 is 0.867 bits per heavy atom. The van der Waals surface area contributed by atoms with Crippen LogP contribution in [0.1, 0.15) is 91.0 Å². The number of amides is 2. The number of aryl methyl sites for hydroxylation is 2. The third-order valence-corrected chi connectivity index (χ3v) is 13.2. The number of anilines is 1. The van der Waals surface area contributed by atoms with E-state index in [1.807, 2.05) is 6.07 Å². The van der Waals surface area contributed by atoms with Gasteiger partial charge in [-0.3, -0.25) is 19.0 Å². The number of fused-ring (bicyclic) bond motifs is 5. The highest BCUT2D eigenvalue weighted by molar-refractivity contribution is 6.03. The molecule has 5 aliphatic rings. The van der Waals surface area contributed by atoms with E-state index in [-0.39, 0.29) is 36.9 Å². The van der Waals surface area contributed by atoms with Crippen LogP contribution in [0.4, 0.5) is 5.69 Å². The number of hydrogen-bond donors (Lipinski definition) is 3.